The Labute approximate surface area is 124 Å². The first-order chi connectivity index (χ1) is 9.78. The van der Waals surface area contributed by atoms with E-state index in [1.165, 1.54) is 12.1 Å². The van der Waals surface area contributed by atoms with Crippen LogP contribution in [0, 0.1) is 11.3 Å². The first-order valence-corrected chi connectivity index (χ1v) is 6.96. The number of amides is 1. The quantitative estimate of drug-likeness (QED) is 0.891. The number of benzene rings is 1. The van der Waals surface area contributed by atoms with Crippen molar-refractivity contribution in [3.05, 3.63) is 35.4 Å². The zero-order valence-electron chi connectivity index (χ0n) is 12.7. The molecule has 1 amide bonds. The van der Waals surface area contributed by atoms with Gasteiger partial charge in [-0.15, -0.1) is 0 Å². The molecular formula is C16H21NO4. The third-order valence-corrected chi connectivity index (χ3v) is 4.45. The van der Waals surface area contributed by atoms with Crippen LogP contribution in [0.15, 0.2) is 24.3 Å². The van der Waals surface area contributed by atoms with Gasteiger partial charge in [0.05, 0.1) is 11.7 Å². The minimum atomic E-state index is -1.04. The van der Waals surface area contributed by atoms with Crippen LogP contribution in [0.2, 0.25) is 0 Å². The van der Waals surface area contributed by atoms with Crippen LogP contribution >= 0.6 is 0 Å². The van der Waals surface area contributed by atoms with E-state index in [1.54, 1.807) is 19.2 Å². The lowest BCUT2D eigenvalue weighted by molar-refractivity contribution is -0.141. The van der Waals surface area contributed by atoms with Crippen molar-refractivity contribution in [2.75, 3.05) is 7.11 Å². The Morgan fingerprint density at radius 1 is 1.29 bits per heavy atom. The van der Waals surface area contributed by atoms with Gasteiger partial charge in [-0.05, 0) is 18.2 Å². The monoisotopic (exact) mass is 291 g/mol. The second-order valence-electron chi connectivity index (χ2n) is 6.17. The lowest BCUT2D eigenvalue weighted by Gasteiger charge is -2.56. The summed E-state index contributed by atoms with van der Waals surface area (Å²) in [7, 11) is 1.68. The van der Waals surface area contributed by atoms with Gasteiger partial charge in [-0.1, -0.05) is 26.8 Å². The number of nitrogens with one attached hydrogen (secondary N) is 1. The summed E-state index contributed by atoms with van der Waals surface area (Å²) in [6.45, 7) is 6.15. The summed E-state index contributed by atoms with van der Waals surface area (Å²) in [6.07, 6.45) is 0.105. The Hall–Kier alpha value is -1.88. The van der Waals surface area contributed by atoms with Crippen molar-refractivity contribution in [2.24, 2.45) is 11.3 Å². The molecule has 1 aliphatic rings. The summed E-state index contributed by atoms with van der Waals surface area (Å²) in [4.78, 5) is 23.3. The summed E-state index contributed by atoms with van der Waals surface area (Å²) >= 11 is 0. The SMILES string of the molecule is CO[C@@H]1[C@H](C)[C@@H](NC(=O)c2cccc(C(=O)O)c2)C1(C)C. The van der Waals surface area contributed by atoms with Gasteiger partial charge in [-0.3, -0.25) is 4.79 Å². The highest BCUT2D eigenvalue weighted by atomic mass is 16.5. The number of carboxylic acid groups (broad SMARTS) is 1. The van der Waals surface area contributed by atoms with Crippen molar-refractivity contribution < 1.29 is 19.4 Å². The van der Waals surface area contributed by atoms with Gasteiger partial charge in [0, 0.05) is 30.0 Å². The third-order valence-electron chi connectivity index (χ3n) is 4.45. The third kappa shape index (κ3) is 2.65. The number of carbonyl (C=O) groups is 2. The number of ether oxygens (including phenoxy) is 1. The highest BCUT2D eigenvalue weighted by Gasteiger charge is 2.55. The van der Waals surface area contributed by atoms with Crippen molar-refractivity contribution in [1.82, 2.24) is 5.32 Å². The van der Waals surface area contributed by atoms with E-state index in [0.29, 0.717) is 5.56 Å². The van der Waals surface area contributed by atoms with Gasteiger partial charge in [-0.25, -0.2) is 4.79 Å². The van der Waals surface area contributed by atoms with Crippen LogP contribution in [0.3, 0.4) is 0 Å². The molecule has 0 radical (unpaired) electrons. The fraction of sp³-hybridized carbons (Fsp3) is 0.500. The second kappa shape index (κ2) is 5.48. The molecule has 21 heavy (non-hydrogen) atoms. The van der Waals surface area contributed by atoms with Gasteiger partial charge in [-0.2, -0.15) is 0 Å². The molecule has 2 rings (SSSR count). The molecule has 0 aromatic heterocycles. The predicted octanol–water partition coefficient (Wildman–Crippen LogP) is 2.17. The van der Waals surface area contributed by atoms with E-state index in [1.807, 2.05) is 6.92 Å². The second-order valence-corrected chi connectivity index (χ2v) is 6.17. The molecule has 1 aromatic rings. The molecule has 1 saturated carbocycles. The van der Waals surface area contributed by atoms with Gasteiger partial charge in [0.25, 0.3) is 5.91 Å². The van der Waals surface area contributed by atoms with Crippen LogP contribution in [0.4, 0.5) is 0 Å². The molecule has 1 aliphatic carbocycles. The van der Waals surface area contributed by atoms with Gasteiger partial charge >= 0.3 is 5.97 Å². The molecule has 0 bridgehead atoms. The van der Waals surface area contributed by atoms with Gasteiger partial charge in [0.15, 0.2) is 0 Å². The molecule has 5 nitrogen and oxygen atoms in total. The van der Waals surface area contributed by atoms with Gasteiger partial charge in [0.2, 0.25) is 0 Å². The van der Waals surface area contributed by atoms with E-state index in [4.69, 9.17) is 9.84 Å². The predicted molar refractivity (Wildman–Crippen MR) is 78.4 cm³/mol. The normalized spacial score (nSPS) is 26.8. The van der Waals surface area contributed by atoms with Crippen molar-refractivity contribution in [3.8, 4) is 0 Å². The zero-order valence-corrected chi connectivity index (χ0v) is 12.7. The minimum Gasteiger partial charge on any atom is -0.478 e. The zero-order chi connectivity index (χ0) is 15.8. The number of aromatic carboxylic acids is 1. The van der Waals surface area contributed by atoms with Crippen molar-refractivity contribution in [1.29, 1.82) is 0 Å². The van der Waals surface area contributed by atoms with Crippen LogP contribution in [0.1, 0.15) is 41.5 Å². The molecule has 2 N–H and O–H groups in total. The smallest absolute Gasteiger partial charge is 0.335 e. The summed E-state index contributed by atoms with van der Waals surface area (Å²) in [5.74, 6) is -1.07. The van der Waals surface area contributed by atoms with Gasteiger partial charge < -0.3 is 15.2 Å². The molecule has 114 valence electrons. The minimum absolute atomic E-state index is 0.00318. The molecule has 0 unspecified atom stereocenters. The lowest BCUT2D eigenvalue weighted by Crippen LogP contribution is -2.67. The van der Waals surface area contributed by atoms with E-state index >= 15 is 0 Å². The standard InChI is InChI=1S/C16H21NO4/c1-9-12(16(2,3)13(9)21-4)17-14(18)10-6-5-7-11(8-10)15(19)20/h5-9,12-13H,1-4H3,(H,17,18)(H,19,20)/t9-,12-,13-/m1/s1. The van der Waals surface area contributed by atoms with Crippen LogP contribution in [0.5, 0.6) is 0 Å². The molecule has 0 spiro atoms. The number of rotatable bonds is 4. The topological polar surface area (TPSA) is 75.6 Å². The highest BCUT2D eigenvalue weighted by Crippen LogP contribution is 2.46. The Balaban J connectivity index is 2.12. The Kier molecular flexibility index (Phi) is 4.05. The highest BCUT2D eigenvalue weighted by molar-refractivity contribution is 5.97. The molecule has 0 heterocycles. The maximum atomic E-state index is 12.3. The number of hydrogen-bond acceptors (Lipinski definition) is 3. The van der Waals surface area contributed by atoms with E-state index in [0.717, 1.165) is 0 Å². The Bertz CT molecular complexity index is 567. The Morgan fingerprint density at radius 2 is 1.90 bits per heavy atom. The maximum Gasteiger partial charge on any atom is 0.335 e. The van der Waals surface area contributed by atoms with Crippen LogP contribution in [-0.2, 0) is 4.74 Å². The van der Waals surface area contributed by atoms with Crippen LogP contribution < -0.4 is 5.32 Å². The van der Waals surface area contributed by atoms with Crippen molar-refractivity contribution in [2.45, 2.75) is 32.9 Å². The maximum absolute atomic E-state index is 12.3. The summed E-state index contributed by atoms with van der Waals surface area (Å²) in [5.41, 5.74) is 0.325. The molecule has 3 atom stereocenters. The van der Waals surface area contributed by atoms with Crippen LogP contribution in [0.25, 0.3) is 0 Å². The van der Waals surface area contributed by atoms with Gasteiger partial charge in [0.1, 0.15) is 0 Å². The average molecular weight is 291 g/mol. The number of carboxylic acids is 1. The molecule has 0 aliphatic heterocycles. The Morgan fingerprint density at radius 3 is 2.43 bits per heavy atom. The first-order valence-electron chi connectivity index (χ1n) is 6.96. The average Bonchev–Trinajstić information content (AvgIpc) is 2.44. The molecule has 1 aromatic carbocycles. The summed E-state index contributed by atoms with van der Waals surface area (Å²) in [5, 5.41) is 12.0. The number of hydrogen-bond donors (Lipinski definition) is 2. The fourth-order valence-electron chi connectivity index (χ4n) is 3.44. The van der Waals surface area contributed by atoms with E-state index in [2.05, 4.69) is 19.2 Å². The van der Waals surface area contributed by atoms with E-state index in [9.17, 15) is 9.59 Å². The van der Waals surface area contributed by atoms with Crippen molar-refractivity contribution in [3.63, 3.8) is 0 Å². The summed E-state index contributed by atoms with van der Waals surface area (Å²) in [6, 6.07) is 6.05. The molecule has 5 heteroatoms. The van der Waals surface area contributed by atoms with E-state index in [-0.39, 0.29) is 34.9 Å². The molecule has 1 fully saturated rings. The van der Waals surface area contributed by atoms with E-state index < -0.39 is 5.97 Å². The molecular weight excluding hydrogens is 270 g/mol. The fourth-order valence-corrected chi connectivity index (χ4v) is 3.44. The van der Waals surface area contributed by atoms with Crippen molar-refractivity contribution >= 4 is 11.9 Å². The number of carbonyl (C=O) groups excluding carboxylic acids is 1. The molecule has 0 saturated heterocycles. The number of methoxy groups -OCH3 is 1. The summed E-state index contributed by atoms with van der Waals surface area (Å²) < 4.78 is 5.45. The lowest BCUT2D eigenvalue weighted by atomic mass is 9.58. The largest absolute Gasteiger partial charge is 0.478 e. The van der Waals surface area contributed by atoms with Crippen LogP contribution in [-0.4, -0.2) is 36.2 Å². The first kappa shape index (κ1) is 15.5.